The van der Waals surface area contributed by atoms with Gasteiger partial charge in [0.2, 0.25) is 0 Å². The molecule has 0 aliphatic heterocycles. The summed E-state index contributed by atoms with van der Waals surface area (Å²) in [6.45, 7) is 8.06. The van der Waals surface area contributed by atoms with Crippen molar-refractivity contribution in [3.8, 4) is 0 Å². The molecule has 3 saturated carbocycles. The molecular formula is C29H37NO4. The Kier molecular flexibility index (Phi) is 5.27. The van der Waals surface area contributed by atoms with Crippen LogP contribution in [-0.4, -0.2) is 33.6 Å². The van der Waals surface area contributed by atoms with Gasteiger partial charge in [0.15, 0.2) is 5.78 Å². The number of amides is 1. The molecule has 182 valence electrons. The predicted molar refractivity (Wildman–Crippen MR) is 131 cm³/mol. The van der Waals surface area contributed by atoms with Crippen molar-refractivity contribution in [2.75, 3.05) is 0 Å². The molecule has 6 unspecified atom stereocenters. The van der Waals surface area contributed by atoms with Crippen LogP contribution in [0.25, 0.3) is 0 Å². The van der Waals surface area contributed by atoms with E-state index in [4.69, 9.17) is 0 Å². The highest BCUT2D eigenvalue weighted by Crippen LogP contribution is 2.67. The van der Waals surface area contributed by atoms with Gasteiger partial charge in [0, 0.05) is 16.7 Å². The summed E-state index contributed by atoms with van der Waals surface area (Å²) in [5.74, 6) is -0.00327. The van der Waals surface area contributed by atoms with E-state index in [0.29, 0.717) is 12.8 Å². The first-order valence-corrected chi connectivity index (χ1v) is 12.7. The number of nitrogens with one attached hydrogen (secondary N) is 1. The Balaban J connectivity index is 1.44. The summed E-state index contributed by atoms with van der Waals surface area (Å²) >= 11 is 0. The maximum atomic E-state index is 13.7. The first kappa shape index (κ1) is 23.5. The Hall–Kier alpha value is -2.24. The molecule has 1 aromatic rings. The van der Waals surface area contributed by atoms with Crippen LogP contribution in [0.5, 0.6) is 0 Å². The zero-order valence-corrected chi connectivity index (χ0v) is 20.7. The summed E-state index contributed by atoms with van der Waals surface area (Å²) in [5.41, 5.74) is -1.14. The van der Waals surface area contributed by atoms with Crippen LogP contribution in [0.1, 0.15) is 65.4 Å². The highest BCUT2D eigenvalue weighted by molar-refractivity contribution is 6.01. The summed E-state index contributed by atoms with van der Waals surface area (Å²) in [4.78, 5) is 25.7. The van der Waals surface area contributed by atoms with Gasteiger partial charge in [-0.15, -0.1) is 0 Å². The van der Waals surface area contributed by atoms with E-state index in [-0.39, 0.29) is 34.9 Å². The van der Waals surface area contributed by atoms with Crippen LogP contribution in [0, 0.1) is 28.6 Å². The Morgan fingerprint density at radius 2 is 1.85 bits per heavy atom. The minimum absolute atomic E-state index is 0.0129. The second-order valence-corrected chi connectivity index (χ2v) is 12.1. The van der Waals surface area contributed by atoms with E-state index in [1.165, 1.54) is 0 Å². The highest BCUT2D eigenvalue weighted by atomic mass is 16.3. The number of hydrogen-bond acceptors (Lipinski definition) is 4. The molecule has 1 aromatic carbocycles. The van der Waals surface area contributed by atoms with Crippen molar-refractivity contribution in [2.45, 2.75) is 77.0 Å². The number of rotatable bonds is 3. The highest BCUT2D eigenvalue weighted by Gasteiger charge is 2.68. The molecule has 0 bridgehead atoms. The summed E-state index contributed by atoms with van der Waals surface area (Å²) in [5, 5.41) is 26.6. The first-order valence-electron chi connectivity index (χ1n) is 12.7. The van der Waals surface area contributed by atoms with Crippen molar-refractivity contribution in [1.82, 2.24) is 5.32 Å². The zero-order chi connectivity index (χ0) is 24.5. The third kappa shape index (κ3) is 3.20. The van der Waals surface area contributed by atoms with Crippen LogP contribution in [0.2, 0.25) is 0 Å². The standard InChI is InChI=1S/C29H37NO4/c1-26(2,18-8-6-5-7-9-18)30-25(33)29(34)15-13-22-21-11-10-19-16-20(31)12-14-27(19,3)24(21)23(32)17-28(22,29)4/h5-9,12,14,16,21-24,32,34H,10-11,13,15,17H2,1-4H3,(H,30,33)/t21?,22?,23?,24?,27?,28?,29-/m0/s1. The molecule has 34 heavy (non-hydrogen) atoms. The largest absolute Gasteiger partial charge is 0.393 e. The minimum Gasteiger partial charge on any atom is -0.393 e. The number of ketones is 1. The summed E-state index contributed by atoms with van der Waals surface area (Å²) in [6.07, 6.45) is 7.94. The van der Waals surface area contributed by atoms with Gasteiger partial charge in [-0.1, -0.05) is 55.8 Å². The van der Waals surface area contributed by atoms with E-state index in [0.717, 1.165) is 30.4 Å². The normalized spacial score (nSPS) is 41.2. The molecular weight excluding hydrogens is 426 g/mol. The van der Waals surface area contributed by atoms with E-state index < -0.39 is 22.7 Å². The first-order chi connectivity index (χ1) is 15.9. The molecule has 4 aliphatic rings. The Bertz CT molecular complexity index is 1070. The van der Waals surface area contributed by atoms with Crippen molar-refractivity contribution in [3.63, 3.8) is 0 Å². The molecule has 0 heterocycles. The fourth-order valence-electron chi connectivity index (χ4n) is 8.02. The lowest BCUT2D eigenvalue weighted by atomic mass is 9.46. The predicted octanol–water partition coefficient (Wildman–Crippen LogP) is 4.05. The zero-order valence-electron chi connectivity index (χ0n) is 20.7. The number of allylic oxidation sites excluding steroid dienone is 4. The van der Waals surface area contributed by atoms with Crippen LogP contribution in [0.4, 0.5) is 0 Å². The van der Waals surface area contributed by atoms with E-state index in [1.807, 2.05) is 57.2 Å². The fraction of sp³-hybridized carbons (Fsp3) is 0.586. The SMILES string of the molecule is CC(C)(NC(=O)[C@@]1(O)CCC2C3CCC4=CC(=O)C=CC4(C)C3C(O)CC21C)c1ccccc1. The average Bonchev–Trinajstić information content (AvgIpc) is 3.06. The molecule has 7 atom stereocenters. The van der Waals surface area contributed by atoms with Gasteiger partial charge in [-0.3, -0.25) is 9.59 Å². The van der Waals surface area contributed by atoms with Crippen LogP contribution in [-0.2, 0) is 15.1 Å². The van der Waals surface area contributed by atoms with Gasteiger partial charge in [0.25, 0.3) is 5.91 Å². The lowest BCUT2D eigenvalue weighted by molar-refractivity contribution is -0.179. The number of carbonyl (C=O) groups excluding carboxylic acids is 2. The number of aliphatic hydroxyl groups excluding tert-OH is 1. The Morgan fingerprint density at radius 1 is 1.15 bits per heavy atom. The van der Waals surface area contributed by atoms with Crippen molar-refractivity contribution < 1.29 is 19.8 Å². The maximum absolute atomic E-state index is 13.7. The van der Waals surface area contributed by atoms with E-state index in [1.54, 1.807) is 12.2 Å². The van der Waals surface area contributed by atoms with Gasteiger partial charge in [0.05, 0.1) is 11.6 Å². The number of fused-ring (bicyclic) bond motifs is 5. The topological polar surface area (TPSA) is 86.6 Å². The van der Waals surface area contributed by atoms with Crippen molar-refractivity contribution >= 4 is 11.7 Å². The van der Waals surface area contributed by atoms with Crippen LogP contribution in [0.15, 0.2) is 54.1 Å². The lowest BCUT2D eigenvalue weighted by Crippen LogP contribution is -2.64. The van der Waals surface area contributed by atoms with Crippen molar-refractivity contribution in [3.05, 3.63) is 59.7 Å². The maximum Gasteiger partial charge on any atom is 0.253 e. The molecule has 3 N–H and O–H groups in total. The molecule has 5 rings (SSSR count). The molecule has 4 aliphatic carbocycles. The molecule has 5 heteroatoms. The number of hydrogen-bond donors (Lipinski definition) is 3. The van der Waals surface area contributed by atoms with Crippen LogP contribution in [0.3, 0.4) is 0 Å². The van der Waals surface area contributed by atoms with E-state index >= 15 is 0 Å². The van der Waals surface area contributed by atoms with Gasteiger partial charge in [0.1, 0.15) is 5.60 Å². The van der Waals surface area contributed by atoms with Crippen LogP contribution < -0.4 is 5.32 Å². The van der Waals surface area contributed by atoms with E-state index in [2.05, 4.69) is 12.2 Å². The number of carbonyl (C=O) groups is 2. The lowest BCUT2D eigenvalue weighted by Gasteiger charge is -2.59. The Labute approximate surface area is 202 Å². The second-order valence-electron chi connectivity index (χ2n) is 12.1. The smallest absolute Gasteiger partial charge is 0.253 e. The minimum atomic E-state index is -1.54. The third-order valence-corrected chi connectivity index (χ3v) is 9.94. The van der Waals surface area contributed by atoms with Crippen molar-refractivity contribution in [2.24, 2.45) is 28.6 Å². The van der Waals surface area contributed by atoms with E-state index in [9.17, 15) is 19.8 Å². The average molecular weight is 464 g/mol. The van der Waals surface area contributed by atoms with Gasteiger partial charge < -0.3 is 15.5 Å². The summed E-state index contributed by atoms with van der Waals surface area (Å²) < 4.78 is 0. The molecule has 1 amide bonds. The van der Waals surface area contributed by atoms with Crippen LogP contribution >= 0.6 is 0 Å². The number of aliphatic hydroxyl groups is 2. The third-order valence-electron chi connectivity index (χ3n) is 9.94. The monoisotopic (exact) mass is 463 g/mol. The second kappa shape index (κ2) is 7.63. The molecule has 0 aromatic heterocycles. The van der Waals surface area contributed by atoms with Gasteiger partial charge in [-0.25, -0.2) is 0 Å². The molecule has 3 fully saturated rings. The summed E-state index contributed by atoms with van der Waals surface area (Å²) in [7, 11) is 0. The quantitative estimate of drug-likeness (QED) is 0.631. The Morgan fingerprint density at radius 3 is 2.56 bits per heavy atom. The molecule has 0 radical (unpaired) electrons. The van der Waals surface area contributed by atoms with Crippen molar-refractivity contribution in [1.29, 1.82) is 0 Å². The fourth-order valence-corrected chi connectivity index (χ4v) is 8.02. The van der Waals surface area contributed by atoms with Gasteiger partial charge >= 0.3 is 0 Å². The molecule has 0 saturated heterocycles. The molecule has 5 nitrogen and oxygen atoms in total. The molecule has 0 spiro atoms. The van der Waals surface area contributed by atoms with Gasteiger partial charge in [-0.2, -0.15) is 0 Å². The van der Waals surface area contributed by atoms with Gasteiger partial charge in [-0.05, 0) is 75.5 Å². The number of benzene rings is 1. The summed E-state index contributed by atoms with van der Waals surface area (Å²) in [6, 6.07) is 9.80.